The minimum Gasteiger partial charge on any atom is -0.467 e. The van der Waals surface area contributed by atoms with Crippen LogP contribution in [0.2, 0.25) is 0 Å². The molecule has 2 rings (SSSR count). The average Bonchev–Trinajstić information content (AvgIpc) is 2.89. The summed E-state index contributed by atoms with van der Waals surface area (Å²) < 4.78 is 10.9. The van der Waals surface area contributed by atoms with Gasteiger partial charge in [0.2, 0.25) is 5.91 Å². The molecule has 0 aromatic carbocycles. The molecule has 0 radical (unpaired) electrons. The maximum absolute atomic E-state index is 12.1. The van der Waals surface area contributed by atoms with E-state index in [-0.39, 0.29) is 12.5 Å². The summed E-state index contributed by atoms with van der Waals surface area (Å²) in [6, 6.07) is 3.85. The van der Waals surface area contributed by atoms with Gasteiger partial charge in [0, 0.05) is 17.5 Å². The van der Waals surface area contributed by atoms with Crippen LogP contribution < -0.4 is 0 Å². The molecule has 1 atom stereocenters. The number of esters is 1. The largest absolute Gasteiger partial charge is 0.467 e. The summed E-state index contributed by atoms with van der Waals surface area (Å²) in [4.78, 5) is 26.0. The third-order valence-corrected chi connectivity index (χ3v) is 4.42. The third-order valence-electron chi connectivity index (χ3n) is 2.83. The summed E-state index contributed by atoms with van der Waals surface area (Å²) >= 11 is 4.91. The average molecular weight is 360 g/mol. The zero-order chi connectivity index (χ0) is 14.5. The molecular formula is C13H14BrNO4S. The van der Waals surface area contributed by atoms with Gasteiger partial charge in [-0.2, -0.15) is 0 Å². The monoisotopic (exact) mass is 359 g/mol. The van der Waals surface area contributed by atoms with Gasteiger partial charge in [-0.05, 0) is 34.1 Å². The van der Waals surface area contributed by atoms with Crippen LogP contribution in [0.1, 0.15) is 4.88 Å². The summed E-state index contributed by atoms with van der Waals surface area (Å²) in [5.74, 6) is -0.583. The predicted octanol–water partition coefficient (Wildman–Crippen LogP) is 1.92. The second-order valence-electron chi connectivity index (χ2n) is 4.14. The van der Waals surface area contributed by atoms with Gasteiger partial charge in [-0.25, -0.2) is 4.79 Å². The van der Waals surface area contributed by atoms with Gasteiger partial charge >= 0.3 is 5.97 Å². The second-order valence-corrected chi connectivity index (χ2v) is 6.64. The van der Waals surface area contributed by atoms with Crippen molar-refractivity contribution >= 4 is 45.2 Å². The fourth-order valence-corrected chi connectivity index (χ4v) is 3.13. The molecular weight excluding hydrogens is 346 g/mol. The van der Waals surface area contributed by atoms with Crippen molar-refractivity contribution in [3.63, 3.8) is 0 Å². The van der Waals surface area contributed by atoms with Crippen molar-refractivity contribution in [3.05, 3.63) is 26.9 Å². The topological polar surface area (TPSA) is 55.8 Å². The molecule has 20 heavy (non-hydrogen) atoms. The van der Waals surface area contributed by atoms with Crippen LogP contribution in [-0.4, -0.2) is 49.7 Å². The Morgan fingerprint density at radius 2 is 2.35 bits per heavy atom. The lowest BCUT2D eigenvalue weighted by Crippen LogP contribution is -2.48. The van der Waals surface area contributed by atoms with Gasteiger partial charge in [0.25, 0.3) is 0 Å². The van der Waals surface area contributed by atoms with Gasteiger partial charge < -0.3 is 14.4 Å². The number of ether oxygens (including phenoxy) is 2. The predicted molar refractivity (Wildman–Crippen MR) is 79.4 cm³/mol. The highest BCUT2D eigenvalue weighted by molar-refractivity contribution is 9.11. The second kappa shape index (κ2) is 7.01. The Morgan fingerprint density at radius 1 is 1.55 bits per heavy atom. The van der Waals surface area contributed by atoms with E-state index in [0.717, 1.165) is 8.66 Å². The number of thiophene rings is 1. The van der Waals surface area contributed by atoms with Crippen LogP contribution in [0.5, 0.6) is 0 Å². The van der Waals surface area contributed by atoms with E-state index in [1.165, 1.54) is 13.2 Å². The molecule has 2 heterocycles. The van der Waals surface area contributed by atoms with Crippen molar-refractivity contribution in [1.29, 1.82) is 0 Å². The van der Waals surface area contributed by atoms with Crippen LogP contribution in [0.3, 0.4) is 0 Å². The summed E-state index contributed by atoms with van der Waals surface area (Å²) in [7, 11) is 1.31. The lowest BCUT2D eigenvalue weighted by Gasteiger charge is -2.30. The van der Waals surface area contributed by atoms with Crippen LogP contribution in [-0.2, 0) is 19.1 Å². The Bertz CT molecular complexity index is 528. The molecule has 1 saturated heterocycles. The van der Waals surface area contributed by atoms with Crippen molar-refractivity contribution in [1.82, 2.24) is 4.90 Å². The molecule has 1 aliphatic heterocycles. The van der Waals surface area contributed by atoms with Crippen LogP contribution in [0.15, 0.2) is 22.0 Å². The highest BCUT2D eigenvalue weighted by Crippen LogP contribution is 2.23. The molecule has 5 nitrogen and oxygen atoms in total. The van der Waals surface area contributed by atoms with Gasteiger partial charge in [0.1, 0.15) is 0 Å². The van der Waals surface area contributed by atoms with Gasteiger partial charge in [0.15, 0.2) is 6.10 Å². The number of morpholine rings is 1. The Hall–Kier alpha value is -1.18. The summed E-state index contributed by atoms with van der Waals surface area (Å²) in [6.45, 7) is 1.04. The molecule has 1 fully saturated rings. The van der Waals surface area contributed by atoms with Crippen LogP contribution in [0.4, 0.5) is 0 Å². The number of halogens is 1. The zero-order valence-corrected chi connectivity index (χ0v) is 13.3. The van der Waals surface area contributed by atoms with E-state index in [1.54, 1.807) is 22.3 Å². The summed E-state index contributed by atoms with van der Waals surface area (Å²) in [5.41, 5.74) is 0. The fourth-order valence-electron chi connectivity index (χ4n) is 1.80. The van der Waals surface area contributed by atoms with Gasteiger partial charge in [-0.3, -0.25) is 4.79 Å². The molecule has 7 heteroatoms. The van der Waals surface area contributed by atoms with Crippen LogP contribution in [0.25, 0.3) is 6.08 Å². The maximum atomic E-state index is 12.1. The first-order valence-electron chi connectivity index (χ1n) is 6.02. The lowest BCUT2D eigenvalue weighted by molar-refractivity contribution is -0.161. The minimum absolute atomic E-state index is 0.133. The van der Waals surface area contributed by atoms with Crippen molar-refractivity contribution in [3.8, 4) is 0 Å². The number of amides is 1. The zero-order valence-electron chi connectivity index (χ0n) is 10.9. The number of carbonyl (C=O) groups excluding carboxylic acids is 2. The molecule has 1 aromatic rings. The third kappa shape index (κ3) is 3.91. The normalized spacial score (nSPS) is 19.3. The molecule has 1 amide bonds. The first-order valence-corrected chi connectivity index (χ1v) is 7.63. The molecule has 1 aromatic heterocycles. The van der Waals surface area contributed by atoms with E-state index >= 15 is 0 Å². The quantitative estimate of drug-likeness (QED) is 0.611. The van der Waals surface area contributed by atoms with Crippen molar-refractivity contribution in [2.75, 3.05) is 26.8 Å². The number of methoxy groups -OCH3 is 1. The van der Waals surface area contributed by atoms with E-state index in [0.29, 0.717) is 13.2 Å². The minimum atomic E-state index is -0.693. The van der Waals surface area contributed by atoms with Crippen LogP contribution >= 0.6 is 27.3 Å². The Labute approximate surface area is 129 Å². The number of carbonyl (C=O) groups is 2. The fraction of sp³-hybridized carbons (Fsp3) is 0.385. The van der Waals surface area contributed by atoms with E-state index in [2.05, 4.69) is 20.7 Å². The van der Waals surface area contributed by atoms with Gasteiger partial charge in [-0.1, -0.05) is 0 Å². The van der Waals surface area contributed by atoms with E-state index in [9.17, 15) is 9.59 Å². The SMILES string of the molecule is COC(=O)C1CN(C(=O)/C=C/c2ccc(Br)s2)CCO1. The number of hydrogen-bond acceptors (Lipinski definition) is 5. The highest BCUT2D eigenvalue weighted by atomic mass is 79.9. The Kier molecular flexibility index (Phi) is 5.33. The lowest BCUT2D eigenvalue weighted by atomic mass is 10.2. The van der Waals surface area contributed by atoms with Gasteiger partial charge in [0.05, 0.1) is 24.0 Å². The Balaban J connectivity index is 1.95. The molecule has 0 bridgehead atoms. The molecule has 0 saturated carbocycles. The molecule has 1 unspecified atom stereocenters. The first-order chi connectivity index (χ1) is 9.60. The van der Waals surface area contributed by atoms with E-state index < -0.39 is 12.1 Å². The molecule has 1 aliphatic rings. The van der Waals surface area contributed by atoms with Gasteiger partial charge in [-0.15, -0.1) is 11.3 Å². The maximum Gasteiger partial charge on any atom is 0.336 e. The molecule has 0 spiro atoms. The molecule has 108 valence electrons. The standard InChI is InChI=1S/C13H14BrNO4S/c1-18-13(17)10-8-15(6-7-19-10)12(16)5-3-9-2-4-11(14)20-9/h2-5,10H,6-8H2,1H3/b5-3+. The Morgan fingerprint density at radius 3 is 3.00 bits per heavy atom. The van der Waals surface area contributed by atoms with Crippen molar-refractivity contribution < 1.29 is 19.1 Å². The molecule has 0 aliphatic carbocycles. The highest BCUT2D eigenvalue weighted by Gasteiger charge is 2.28. The summed E-state index contributed by atoms with van der Waals surface area (Å²) in [5, 5.41) is 0. The number of hydrogen-bond donors (Lipinski definition) is 0. The van der Waals surface area contributed by atoms with Crippen LogP contribution in [0, 0.1) is 0 Å². The summed E-state index contributed by atoms with van der Waals surface area (Å²) in [6.07, 6.45) is 2.58. The van der Waals surface area contributed by atoms with E-state index in [1.807, 2.05) is 12.1 Å². The number of nitrogens with zero attached hydrogens (tertiary/aromatic N) is 1. The van der Waals surface area contributed by atoms with E-state index in [4.69, 9.17) is 4.74 Å². The van der Waals surface area contributed by atoms with Crippen molar-refractivity contribution in [2.45, 2.75) is 6.10 Å². The smallest absolute Gasteiger partial charge is 0.336 e. The van der Waals surface area contributed by atoms with Crippen molar-refractivity contribution in [2.24, 2.45) is 0 Å². The number of rotatable bonds is 3. The molecule has 0 N–H and O–H groups in total. The first kappa shape index (κ1) is 15.2.